The SMILES string of the molecule is [Cl-].[Cl-].[Cl-].[NH-]CC[N-]CC[NH-].[Rh]. The number of nitrogens with zero attached hydrogens (tertiary/aromatic N) is 1. The predicted octanol–water partition coefficient (Wildman–Crippen LogP) is -7.53. The molecule has 0 atom stereocenters. The minimum Gasteiger partial charge on any atom is -1.00 e. The van der Waals surface area contributed by atoms with Gasteiger partial charge in [0.25, 0.3) is 0 Å². The third-order valence-electron chi connectivity index (χ3n) is 0.540. The van der Waals surface area contributed by atoms with Crippen molar-refractivity contribution in [2.75, 3.05) is 26.2 Å². The van der Waals surface area contributed by atoms with Crippen molar-refractivity contribution >= 4 is 0 Å². The van der Waals surface area contributed by atoms with Gasteiger partial charge in [-0.3, -0.25) is 0 Å². The predicted molar refractivity (Wildman–Crippen MR) is 31.5 cm³/mol. The minimum atomic E-state index is 0. The zero-order valence-electron chi connectivity index (χ0n) is 5.74. The molecule has 0 aromatic rings. The Morgan fingerprint density at radius 1 is 0.818 bits per heavy atom. The molecule has 0 aromatic heterocycles. The van der Waals surface area contributed by atoms with Crippen LogP contribution in [0.4, 0.5) is 0 Å². The van der Waals surface area contributed by atoms with Crippen molar-refractivity contribution in [2.24, 2.45) is 0 Å². The summed E-state index contributed by atoms with van der Waals surface area (Å²) in [4.78, 5) is 0. The number of hydrogen-bond donors (Lipinski definition) is 0. The average Bonchev–Trinajstić information content (AvgIpc) is 1.69. The Balaban J connectivity index is -0.0000000300. The Morgan fingerprint density at radius 2 is 1.09 bits per heavy atom. The first-order valence-electron chi connectivity index (χ1n) is 2.34. The maximum atomic E-state index is 6.63. The smallest absolute Gasteiger partial charge is 0 e. The molecule has 0 bridgehead atoms. The Labute approximate surface area is 99.4 Å². The standard InChI is InChI=1S/C4H10N3.3ClH.Rh/c5-1-3-7-4-2-6;;;;/h5-6H,1-4H2;3*1H;/q-3;;;;/p-3. The van der Waals surface area contributed by atoms with Gasteiger partial charge in [0, 0.05) is 19.5 Å². The molecule has 7 heteroatoms. The summed E-state index contributed by atoms with van der Waals surface area (Å²) < 4.78 is 0. The molecule has 0 heterocycles. The van der Waals surface area contributed by atoms with Gasteiger partial charge in [-0.1, -0.05) is 0 Å². The zero-order chi connectivity index (χ0) is 5.54. The van der Waals surface area contributed by atoms with E-state index in [0.29, 0.717) is 26.2 Å². The molecule has 3 nitrogen and oxygen atoms in total. The summed E-state index contributed by atoms with van der Waals surface area (Å²) in [5.41, 5.74) is 13.3. The normalized spacial score (nSPS) is 6.00. The van der Waals surface area contributed by atoms with Crippen molar-refractivity contribution in [1.82, 2.24) is 0 Å². The summed E-state index contributed by atoms with van der Waals surface area (Å²) in [5.74, 6) is 0. The van der Waals surface area contributed by atoms with Crippen LogP contribution >= 0.6 is 0 Å². The van der Waals surface area contributed by atoms with Crippen LogP contribution in [-0.2, 0) is 19.5 Å². The second-order valence-corrected chi connectivity index (χ2v) is 1.17. The van der Waals surface area contributed by atoms with Gasteiger partial charge in [0.05, 0.1) is 0 Å². The minimum absolute atomic E-state index is 0. The number of nitrogens with one attached hydrogen (secondary N) is 2. The third-order valence-corrected chi connectivity index (χ3v) is 0.540. The van der Waals surface area contributed by atoms with Crippen molar-refractivity contribution in [1.29, 1.82) is 0 Å². The van der Waals surface area contributed by atoms with Crippen LogP contribution in [0.2, 0.25) is 0 Å². The topological polar surface area (TPSA) is 61.7 Å². The van der Waals surface area contributed by atoms with Crippen molar-refractivity contribution in [3.8, 4) is 0 Å². The molecule has 0 aliphatic rings. The molecule has 0 unspecified atom stereocenters. The molecule has 0 aromatic carbocycles. The van der Waals surface area contributed by atoms with E-state index in [4.69, 9.17) is 11.5 Å². The molecule has 77 valence electrons. The Bertz CT molecular complexity index is 39.8. The van der Waals surface area contributed by atoms with E-state index in [1.54, 1.807) is 0 Å². The average molecular weight is 309 g/mol. The largest absolute Gasteiger partial charge is 1.00 e. The van der Waals surface area contributed by atoms with Crippen molar-refractivity contribution in [3.63, 3.8) is 0 Å². The Hall–Kier alpha value is 1.37. The monoisotopic (exact) mass is 308 g/mol. The van der Waals surface area contributed by atoms with Crippen LogP contribution in [-0.4, -0.2) is 26.2 Å². The molecule has 0 saturated carbocycles. The van der Waals surface area contributed by atoms with Crippen LogP contribution in [0.1, 0.15) is 0 Å². The van der Waals surface area contributed by atoms with Crippen LogP contribution in [0.15, 0.2) is 0 Å². The summed E-state index contributed by atoms with van der Waals surface area (Å²) >= 11 is 0. The van der Waals surface area contributed by atoms with E-state index >= 15 is 0 Å². The van der Waals surface area contributed by atoms with Gasteiger partial charge in [-0.2, -0.15) is 26.2 Å². The second-order valence-electron chi connectivity index (χ2n) is 1.17. The molecule has 0 aliphatic heterocycles. The quantitative estimate of drug-likeness (QED) is 0.366. The van der Waals surface area contributed by atoms with Crippen molar-refractivity contribution < 1.29 is 56.7 Å². The van der Waals surface area contributed by atoms with E-state index < -0.39 is 0 Å². The molecule has 0 spiro atoms. The first-order chi connectivity index (χ1) is 3.41. The number of rotatable bonds is 4. The van der Waals surface area contributed by atoms with E-state index in [-0.39, 0.29) is 56.7 Å². The molecule has 11 heavy (non-hydrogen) atoms. The van der Waals surface area contributed by atoms with Gasteiger partial charge in [-0.05, 0) is 0 Å². The summed E-state index contributed by atoms with van der Waals surface area (Å²) in [6.07, 6.45) is 0. The molecular weight excluding hydrogens is 299 g/mol. The fraction of sp³-hybridized carbons (Fsp3) is 1.00. The van der Waals surface area contributed by atoms with E-state index in [9.17, 15) is 0 Å². The molecule has 0 amide bonds. The number of hydrogen-bond acceptors (Lipinski definition) is 0. The first kappa shape index (κ1) is 29.4. The molecule has 0 aliphatic carbocycles. The van der Waals surface area contributed by atoms with Gasteiger partial charge >= 0.3 is 0 Å². The van der Waals surface area contributed by atoms with Crippen LogP contribution in [0.3, 0.4) is 0 Å². The Morgan fingerprint density at radius 3 is 1.27 bits per heavy atom. The van der Waals surface area contributed by atoms with Gasteiger partial charge < -0.3 is 54.0 Å². The molecule has 0 fully saturated rings. The third kappa shape index (κ3) is 34.6. The first-order valence-corrected chi connectivity index (χ1v) is 2.34. The van der Waals surface area contributed by atoms with Gasteiger partial charge in [-0.25, -0.2) is 0 Å². The van der Waals surface area contributed by atoms with E-state index in [1.165, 1.54) is 0 Å². The van der Waals surface area contributed by atoms with E-state index in [2.05, 4.69) is 5.32 Å². The molecule has 0 rings (SSSR count). The fourth-order valence-corrected chi connectivity index (χ4v) is 0.270. The second kappa shape index (κ2) is 30.1. The molecule has 1 radical (unpaired) electrons. The van der Waals surface area contributed by atoms with Gasteiger partial charge in [0.15, 0.2) is 0 Å². The zero-order valence-corrected chi connectivity index (χ0v) is 9.65. The Kier molecular flexibility index (Phi) is 80.6. The molecule has 2 N–H and O–H groups in total. The van der Waals surface area contributed by atoms with E-state index in [1.807, 2.05) is 0 Å². The summed E-state index contributed by atoms with van der Waals surface area (Å²) in [6, 6.07) is 0. The maximum Gasteiger partial charge on any atom is 0 e. The van der Waals surface area contributed by atoms with Crippen molar-refractivity contribution in [2.45, 2.75) is 0 Å². The summed E-state index contributed by atoms with van der Waals surface area (Å²) in [7, 11) is 0. The van der Waals surface area contributed by atoms with Gasteiger partial charge in [0.1, 0.15) is 0 Å². The van der Waals surface area contributed by atoms with Gasteiger partial charge in [0.2, 0.25) is 0 Å². The van der Waals surface area contributed by atoms with Crippen LogP contribution < -0.4 is 37.2 Å². The maximum absolute atomic E-state index is 6.63. The summed E-state index contributed by atoms with van der Waals surface area (Å²) in [5, 5.41) is 3.83. The summed E-state index contributed by atoms with van der Waals surface area (Å²) in [6.45, 7) is 1.91. The van der Waals surface area contributed by atoms with Crippen LogP contribution in [0.25, 0.3) is 16.8 Å². The van der Waals surface area contributed by atoms with E-state index in [0.717, 1.165) is 0 Å². The fourth-order valence-electron chi connectivity index (χ4n) is 0.270. The van der Waals surface area contributed by atoms with Crippen molar-refractivity contribution in [3.05, 3.63) is 16.8 Å². The number of halogens is 3. The van der Waals surface area contributed by atoms with Crippen LogP contribution in [0.5, 0.6) is 0 Å². The molecule has 0 saturated heterocycles. The molecular formula is C4H10Cl3N3Rh-6. The van der Waals surface area contributed by atoms with Crippen LogP contribution in [0, 0.1) is 0 Å². The van der Waals surface area contributed by atoms with Gasteiger partial charge in [-0.15, -0.1) is 0 Å².